The summed E-state index contributed by atoms with van der Waals surface area (Å²) >= 11 is 1.94. The van der Waals surface area contributed by atoms with Gasteiger partial charge in [-0.1, -0.05) is 6.92 Å². The summed E-state index contributed by atoms with van der Waals surface area (Å²) in [5.74, 6) is -1.17. The predicted octanol–water partition coefficient (Wildman–Crippen LogP) is 1.50. The summed E-state index contributed by atoms with van der Waals surface area (Å²) in [6, 6.07) is 0. The summed E-state index contributed by atoms with van der Waals surface area (Å²) in [4.78, 5) is 31.8. The van der Waals surface area contributed by atoms with Gasteiger partial charge < -0.3 is 10.4 Å². The van der Waals surface area contributed by atoms with Gasteiger partial charge in [0.2, 0.25) is 5.91 Å². The molecule has 1 amide bonds. The van der Waals surface area contributed by atoms with E-state index < -0.39 is 10.7 Å². The van der Waals surface area contributed by atoms with Gasteiger partial charge in [-0.05, 0) is 13.3 Å². The van der Waals surface area contributed by atoms with E-state index in [0.29, 0.717) is 13.0 Å². The largest absolute Gasteiger partial charge is 0.481 e. The fourth-order valence-electron chi connectivity index (χ4n) is 0.879. The first-order valence-corrected chi connectivity index (χ1v) is 6.93. The summed E-state index contributed by atoms with van der Waals surface area (Å²) in [5, 5.41) is 11.1. The van der Waals surface area contributed by atoms with E-state index in [0.717, 1.165) is 23.7 Å². The van der Waals surface area contributed by atoms with Crippen LogP contribution in [0.4, 0.5) is 0 Å². The van der Waals surface area contributed by atoms with E-state index in [4.69, 9.17) is 5.11 Å². The molecule has 0 saturated carbocycles. The number of carbonyl (C=O) groups excluding carboxylic acids is 1. The van der Waals surface area contributed by atoms with Gasteiger partial charge in [-0.25, -0.2) is 0 Å². The topological polar surface area (TPSA) is 95.8 Å². The summed E-state index contributed by atoms with van der Waals surface area (Å²) in [5.41, 5.74) is 0. The van der Waals surface area contributed by atoms with Crippen LogP contribution in [0.25, 0.3) is 0 Å². The van der Waals surface area contributed by atoms with Crippen molar-refractivity contribution >= 4 is 35.6 Å². The smallest absolute Gasteiger partial charge is 0.313 e. The first-order valence-electron chi connectivity index (χ1n) is 5.00. The molecule has 0 aliphatic rings. The molecule has 1 atom stereocenters. The van der Waals surface area contributed by atoms with Crippen molar-refractivity contribution in [2.75, 3.05) is 18.1 Å². The number of carboxylic acids is 1. The van der Waals surface area contributed by atoms with E-state index in [1.807, 2.05) is 13.8 Å². The lowest BCUT2D eigenvalue weighted by Crippen LogP contribution is -2.38. The van der Waals surface area contributed by atoms with Crippen molar-refractivity contribution in [3.05, 3.63) is 4.91 Å². The zero-order valence-electron chi connectivity index (χ0n) is 9.76. The molecule has 0 heterocycles. The Balaban J connectivity index is 3.88. The third-order valence-electron chi connectivity index (χ3n) is 2.12. The number of aliphatic carboxylic acids is 1. The molecule has 0 aromatic heterocycles. The minimum atomic E-state index is -0.943. The van der Waals surface area contributed by atoms with Crippen molar-refractivity contribution in [3.63, 3.8) is 0 Å². The number of nitrogens with one attached hydrogen (secondary N) is 1. The van der Waals surface area contributed by atoms with Crippen LogP contribution < -0.4 is 5.32 Å². The van der Waals surface area contributed by atoms with Gasteiger partial charge >= 0.3 is 5.97 Å². The van der Waals surface area contributed by atoms with Gasteiger partial charge in [0.15, 0.2) is 0 Å². The molecule has 8 heteroatoms. The van der Waals surface area contributed by atoms with Gasteiger partial charge in [-0.15, -0.1) is 16.7 Å². The van der Waals surface area contributed by atoms with Crippen molar-refractivity contribution in [3.8, 4) is 0 Å². The van der Waals surface area contributed by atoms with Crippen LogP contribution in [0.15, 0.2) is 4.58 Å². The second-order valence-electron chi connectivity index (χ2n) is 3.63. The molecule has 0 rings (SSSR count). The second kappa shape index (κ2) is 8.35. The zero-order valence-corrected chi connectivity index (χ0v) is 11.4. The molecule has 0 aromatic carbocycles. The molecule has 1 unspecified atom stereocenters. The molecular formula is C9H16N2O4S2. The maximum Gasteiger partial charge on any atom is 0.313 e. The Morgan fingerprint density at radius 2 is 2.06 bits per heavy atom. The maximum atomic E-state index is 11.3. The Morgan fingerprint density at radius 3 is 2.53 bits per heavy atom. The summed E-state index contributed by atoms with van der Waals surface area (Å²) in [6.45, 7) is 4.08. The summed E-state index contributed by atoms with van der Waals surface area (Å²) in [6.07, 6.45) is 0.700. The van der Waals surface area contributed by atoms with Crippen molar-refractivity contribution in [1.29, 1.82) is 0 Å². The third kappa shape index (κ3) is 8.03. The van der Waals surface area contributed by atoms with Crippen LogP contribution >= 0.6 is 23.7 Å². The lowest BCUT2D eigenvalue weighted by atomic mass is 10.1. The number of amides is 1. The molecule has 6 nitrogen and oxygen atoms in total. The number of nitrogens with zero attached hydrogens (tertiary/aromatic N) is 1. The van der Waals surface area contributed by atoms with Crippen LogP contribution in [0.3, 0.4) is 0 Å². The Bertz CT molecular complexity index is 288. The average Bonchev–Trinajstić information content (AvgIpc) is 2.26. The molecule has 0 radical (unpaired) electrons. The molecule has 17 heavy (non-hydrogen) atoms. The SMILES string of the molecule is CCC(C)(CNC(=O)CSCC(=O)O)SN=O. The number of hydrogen-bond acceptors (Lipinski definition) is 6. The van der Waals surface area contributed by atoms with Gasteiger partial charge in [0.1, 0.15) is 0 Å². The fourth-order valence-corrected chi connectivity index (χ4v) is 1.89. The van der Waals surface area contributed by atoms with E-state index in [1.54, 1.807) is 0 Å². The highest BCUT2D eigenvalue weighted by atomic mass is 32.2. The minimum absolute atomic E-state index is 0.0941. The summed E-state index contributed by atoms with van der Waals surface area (Å²) < 4.78 is 2.37. The predicted molar refractivity (Wildman–Crippen MR) is 70.1 cm³/mol. The Morgan fingerprint density at radius 1 is 1.41 bits per heavy atom. The summed E-state index contributed by atoms with van der Waals surface area (Å²) in [7, 11) is 0. The standard InChI is InChI=1S/C9H16N2O4S2/c1-3-9(2,17-11-15)6-10-7(12)4-16-5-8(13)14/h3-6H2,1-2H3,(H,10,12)(H,13,14). The number of rotatable bonds is 9. The molecule has 0 aromatic rings. The Kier molecular flexibility index (Phi) is 7.98. The molecule has 98 valence electrons. The van der Waals surface area contributed by atoms with Crippen molar-refractivity contribution < 1.29 is 14.7 Å². The molecule has 2 N–H and O–H groups in total. The van der Waals surface area contributed by atoms with Crippen LogP contribution in [0.1, 0.15) is 20.3 Å². The Hall–Kier alpha value is -0.760. The number of nitroso groups, excluding NO2 is 1. The molecular weight excluding hydrogens is 264 g/mol. The zero-order chi connectivity index (χ0) is 13.3. The van der Waals surface area contributed by atoms with E-state index in [2.05, 4.69) is 9.90 Å². The highest BCUT2D eigenvalue weighted by Crippen LogP contribution is 2.28. The lowest BCUT2D eigenvalue weighted by molar-refractivity contribution is -0.133. The van der Waals surface area contributed by atoms with Gasteiger partial charge in [-0.2, -0.15) is 0 Å². The quantitative estimate of drug-likeness (QED) is 0.491. The first kappa shape index (κ1) is 16.2. The maximum absolute atomic E-state index is 11.3. The number of carbonyl (C=O) groups is 2. The number of carboxylic acid groups (broad SMARTS) is 1. The Labute approximate surface area is 108 Å². The molecule has 0 bridgehead atoms. The first-order chi connectivity index (χ1) is 7.93. The molecule has 0 saturated heterocycles. The van der Waals surface area contributed by atoms with Crippen molar-refractivity contribution in [2.24, 2.45) is 4.58 Å². The van der Waals surface area contributed by atoms with Crippen molar-refractivity contribution in [2.45, 2.75) is 25.0 Å². The molecule has 0 aliphatic carbocycles. The van der Waals surface area contributed by atoms with E-state index in [-0.39, 0.29) is 17.4 Å². The van der Waals surface area contributed by atoms with Crippen LogP contribution in [0.5, 0.6) is 0 Å². The van der Waals surface area contributed by atoms with Crippen LogP contribution in [-0.4, -0.2) is 39.8 Å². The fraction of sp³-hybridized carbons (Fsp3) is 0.778. The number of thioether (sulfide) groups is 1. The van der Waals surface area contributed by atoms with E-state index in [9.17, 15) is 14.5 Å². The number of hydrogen-bond donors (Lipinski definition) is 2. The van der Waals surface area contributed by atoms with Crippen LogP contribution in [-0.2, 0) is 9.59 Å². The molecule has 0 aliphatic heterocycles. The van der Waals surface area contributed by atoms with Gasteiger partial charge in [0.05, 0.1) is 16.3 Å². The van der Waals surface area contributed by atoms with Gasteiger partial charge in [-0.3, -0.25) is 9.59 Å². The second-order valence-corrected chi connectivity index (χ2v) is 5.94. The molecule has 0 fully saturated rings. The van der Waals surface area contributed by atoms with E-state index >= 15 is 0 Å². The normalized spacial score (nSPS) is 13.8. The van der Waals surface area contributed by atoms with Gasteiger partial charge in [0, 0.05) is 23.1 Å². The third-order valence-corrected chi connectivity index (χ3v) is 3.99. The van der Waals surface area contributed by atoms with Gasteiger partial charge in [0.25, 0.3) is 0 Å². The highest BCUT2D eigenvalue weighted by molar-refractivity contribution is 8.00. The minimum Gasteiger partial charge on any atom is -0.481 e. The lowest BCUT2D eigenvalue weighted by Gasteiger charge is -2.23. The average molecular weight is 280 g/mol. The van der Waals surface area contributed by atoms with E-state index in [1.165, 1.54) is 0 Å². The highest BCUT2D eigenvalue weighted by Gasteiger charge is 2.24. The van der Waals surface area contributed by atoms with Crippen LogP contribution in [0.2, 0.25) is 0 Å². The monoisotopic (exact) mass is 280 g/mol. The van der Waals surface area contributed by atoms with Crippen molar-refractivity contribution in [1.82, 2.24) is 5.32 Å². The molecule has 0 spiro atoms. The van der Waals surface area contributed by atoms with Crippen LogP contribution in [0, 0.1) is 4.91 Å².